The largest absolute Gasteiger partial charge is 0.324 e. The van der Waals surface area contributed by atoms with E-state index < -0.39 is 6.04 Å². The van der Waals surface area contributed by atoms with E-state index in [0.29, 0.717) is 9.26 Å². The highest BCUT2D eigenvalue weighted by Crippen LogP contribution is 2.20. The van der Waals surface area contributed by atoms with Crippen LogP contribution in [-0.2, 0) is 4.79 Å². The molecule has 0 saturated carbocycles. The number of nitrogens with one attached hydrogen (secondary N) is 1. The van der Waals surface area contributed by atoms with Gasteiger partial charge in [0.2, 0.25) is 5.91 Å². The number of halogens is 2. The fourth-order valence-electron chi connectivity index (χ4n) is 0.847. The molecule has 14 heavy (non-hydrogen) atoms. The van der Waals surface area contributed by atoms with E-state index in [-0.39, 0.29) is 11.7 Å². The van der Waals surface area contributed by atoms with Crippen LogP contribution in [0.3, 0.4) is 0 Å². The van der Waals surface area contributed by atoms with Crippen LogP contribution in [0.25, 0.3) is 0 Å². The van der Waals surface area contributed by atoms with Crippen LogP contribution in [0.15, 0.2) is 18.2 Å². The van der Waals surface area contributed by atoms with E-state index in [2.05, 4.69) is 5.32 Å². The van der Waals surface area contributed by atoms with Crippen LogP contribution in [0.5, 0.6) is 0 Å². The van der Waals surface area contributed by atoms with Crippen LogP contribution in [0.2, 0.25) is 0 Å². The van der Waals surface area contributed by atoms with Gasteiger partial charge in [0, 0.05) is 0 Å². The van der Waals surface area contributed by atoms with Crippen molar-refractivity contribution in [2.45, 2.75) is 13.0 Å². The molecule has 0 aliphatic heterocycles. The van der Waals surface area contributed by atoms with Crippen molar-refractivity contribution in [1.29, 1.82) is 0 Å². The summed E-state index contributed by atoms with van der Waals surface area (Å²) in [5, 5.41) is 2.54. The zero-order chi connectivity index (χ0) is 10.7. The van der Waals surface area contributed by atoms with Crippen molar-refractivity contribution < 1.29 is 9.18 Å². The van der Waals surface area contributed by atoms with Crippen molar-refractivity contribution in [3.8, 4) is 0 Å². The molecule has 0 aliphatic rings. The van der Waals surface area contributed by atoms with E-state index in [1.807, 2.05) is 22.6 Å². The van der Waals surface area contributed by atoms with Crippen molar-refractivity contribution in [2.75, 3.05) is 5.32 Å². The molecule has 0 unspecified atom stereocenters. The Bertz CT molecular complexity index is 355. The SMILES string of the molecule is C[C@H](N)C(=O)Nc1cccc(F)c1I. The van der Waals surface area contributed by atoms with Gasteiger partial charge in [0.25, 0.3) is 0 Å². The number of benzene rings is 1. The molecule has 0 heterocycles. The Hall–Kier alpha value is -0.690. The lowest BCUT2D eigenvalue weighted by atomic mass is 10.3. The Balaban J connectivity index is 2.87. The summed E-state index contributed by atoms with van der Waals surface area (Å²) in [6.45, 7) is 1.57. The molecule has 0 aliphatic carbocycles. The lowest BCUT2D eigenvalue weighted by Crippen LogP contribution is -2.32. The number of rotatable bonds is 2. The van der Waals surface area contributed by atoms with Crippen LogP contribution >= 0.6 is 22.6 Å². The number of anilines is 1. The lowest BCUT2D eigenvalue weighted by Gasteiger charge is -2.09. The summed E-state index contributed by atoms with van der Waals surface area (Å²) >= 11 is 1.83. The third-order valence-electron chi connectivity index (χ3n) is 1.62. The quantitative estimate of drug-likeness (QED) is 0.817. The summed E-state index contributed by atoms with van der Waals surface area (Å²) in [5.41, 5.74) is 5.82. The fraction of sp³-hybridized carbons (Fsp3) is 0.222. The molecule has 1 atom stereocenters. The summed E-state index contributed by atoms with van der Waals surface area (Å²) in [7, 11) is 0. The van der Waals surface area contributed by atoms with Gasteiger partial charge in [0.05, 0.1) is 15.3 Å². The van der Waals surface area contributed by atoms with Crippen molar-refractivity contribution in [2.24, 2.45) is 5.73 Å². The number of hydrogen-bond donors (Lipinski definition) is 2. The van der Waals surface area contributed by atoms with E-state index in [4.69, 9.17) is 5.73 Å². The Morgan fingerprint density at radius 2 is 2.29 bits per heavy atom. The third kappa shape index (κ3) is 2.65. The minimum atomic E-state index is -0.603. The summed E-state index contributed by atoms with van der Waals surface area (Å²) in [6.07, 6.45) is 0. The zero-order valence-corrected chi connectivity index (χ0v) is 9.71. The van der Waals surface area contributed by atoms with Crippen molar-refractivity contribution in [1.82, 2.24) is 0 Å². The molecule has 0 spiro atoms. The maximum atomic E-state index is 13.0. The van der Waals surface area contributed by atoms with Crippen molar-refractivity contribution in [3.63, 3.8) is 0 Å². The number of amides is 1. The second-order valence-electron chi connectivity index (χ2n) is 2.88. The summed E-state index contributed by atoms with van der Waals surface area (Å²) in [5.74, 6) is -0.679. The minimum Gasteiger partial charge on any atom is -0.324 e. The van der Waals surface area contributed by atoms with E-state index in [1.165, 1.54) is 12.1 Å². The van der Waals surface area contributed by atoms with Crippen LogP contribution in [-0.4, -0.2) is 11.9 Å². The third-order valence-corrected chi connectivity index (χ3v) is 2.72. The van der Waals surface area contributed by atoms with Gasteiger partial charge >= 0.3 is 0 Å². The predicted molar refractivity (Wildman–Crippen MR) is 61.4 cm³/mol. The standard InChI is InChI=1S/C9H10FIN2O/c1-5(12)9(14)13-7-4-2-3-6(10)8(7)11/h2-5H,12H2,1H3,(H,13,14)/t5-/m0/s1. The topological polar surface area (TPSA) is 55.1 Å². The Labute approximate surface area is 95.0 Å². The summed E-state index contributed by atoms with van der Waals surface area (Å²) in [6, 6.07) is 3.90. The van der Waals surface area contributed by atoms with E-state index in [9.17, 15) is 9.18 Å². The average Bonchev–Trinajstić information content (AvgIpc) is 2.12. The van der Waals surface area contributed by atoms with Gasteiger partial charge in [-0.25, -0.2) is 4.39 Å². The normalized spacial score (nSPS) is 12.3. The van der Waals surface area contributed by atoms with Gasteiger partial charge in [-0.3, -0.25) is 4.79 Å². The Kier molecular flexibility index (Phi) is 3.82. The smallest absolute Gasteiger partial charge is 0.241 e. The summed E-state index contributed by atoms with van der Waals surface area (Å²) in [4.78, 5) is 11.2. The molecule has 1 aromatic rings. The number of carbonyl (C=O) groups excluding carboxylic acids is 1. The van der Waals surface area contributed by atoms with Crippen LogP contribution in [0, 0.1) is 9.39 Å². The number of hydrogen-bond acceptors (Lipinski definition) is 2. The molecule has 76 valence electrons. The second-order valence-corrected chi connectivity index (χ2v) is 3.96. The van der Waals surface area contributed by atoms with Gasteiger partial charge in [-0.05, 0) is 41.6 Å². The molecule has 1 rings (SSSR count). The van der Waals surface area contributed by atoms with Crippen LogP contribution < -0.4 is 11.1 Å². The monoisotopic (exact) mass is 308 g/mol. The first-order valence-corrected chi connectivity index (χ1v) is 5.10. The molecule has 1 aromatic carbocycles. The maximum Gasteiger partial charge on any atom is 0.241 e. The van der Waals surface area contributed by atoms with Crippen LogP contribution in [0.1, 0.15) is 6.92 Å². The number of nitrogens with two attached hydrogens (primary N) is 1. The predicted octanol–water partition coefficient (Wildman–Crippen LogP) is 1.72. The molecule has 3 nitrogen and oxygen atoms in total. The van der Waals surface area contributed by atoms with Gasteiger partial charge in [-0.2, -0.15) is 0 Å². The molecular formula is C9H10FIN2O. The maximum absolute atomic E-state index is 13.0. The second kappa shape index (κ2) is 4.70. The van der Waals surface area contributed by atoms with Gasteiger partial charge in [0.1, 0.15) is 5.82 Å². The highest BCUT2D eigenvalue weighted by molar-refractivity contribution is 14.1. The van der Waals surface area contributed by atoms with Crippen molar-refractivity contribution in [3.05, 3.63) is 27.6 Å². The van der Waals surface area contributed by atoms with Crippen LogP contribution in [0.4, 0.5) is 10.1 Å². The van der Waals surface area contributed by atoms with Gasteiger partial charge in [-0.1, -0.05) is 6.07 Å². The fourth-order valence-corrected chi connectivity index (χ4v) is 1.34. The molecule has 0 aromatic heterocycles. The Morgan fingerprint density at radius 1 is 1.64 bits per heavy atom. The average molecular weight is 308 g/mol. The molecule has 0 radical (unpaired) electrons. The van der Waals surface area contributed by atoms with E-state index >= 15 is 0 Å². The van der Waals surface area contributed by atoms with Crippen molar-refractivity contribution >= 4 is 34.2 Å². The molecule has 3 N–H and O–H groups in total. The first-order valence-electron chi connectivity index (χ1n) is 4.03. The van der Waals surface area contributed by atoms with Gasteiger partial charge in [-0.15, -0.1) is 0 Å². The number of carbonyl (C=O) groups is 1. The zero-order valence-electron chi connectivity index (χ0n) is 7.55. The molecular weight excluding hydrogens is 298 g/mol. The minimum absolute atomic E-state index is 0.325. The molecule has 1 amide bonds. The Morgan fingerprint density at radius 3 is 2.86 bits per heavy atom. The molecule has 0 fully saturated rings. The van der Waals surface area contributed by atoms with E-state index in [0.717, 1.165) is 0 Å². The van der Waals surface area contributed by atoms with E-state index in [1.54, 1.807) is 13.0 Å². The molecule has 0 saturated heterocycles. The first-order chi connectivity index (χ1) is 6.52. The van der Waals surface area contributed by atoms with Gasteiger partial charge < -0.3 is 11.1 Å². The molecule has 5 heteroatoms. The first kappa shape index (κ1) is 11.4. The van der Waals surface area contributed by atoms with Gasteiger partial charge in [0.15, 0.2) is 0 Å². The highest BCUT2D eigenvalue weighted by atomic mass is 127. The summed E-state index contributed by atoms with van der Waals surface area (Å²) < 4.78 is 13.4. The lowest BCUT2D eigenvalue weighted by molar-refractivity contribution is -0.117. The highest BCUT2D eigenvalue weighted by Gasteiger charge is 2.11. The molecule has 0 bridgehead atoms.